The van der Waals surface area contributed by atoms with E-state index in [9.17, 15) is 4.79 Å². The zero-order chi connectivity index (χ0) is 16.6. The molecule has 0 aromatic carbocycles. The maximum absolute atomic E-state index is 12.1. The number of hydrogen-bond donors (Lipinski definition) is 1. The number of nitrogens with one attached hydrogen (secondary N) is 1. The second kappa shape index (κ2) is 5.56. The number of carbonyl (C=O) groups excluding carboxylic acids is 1. The Morgan fingerprint density at radius 1 is 1.39 bits per heavy atom. The number of carbonyl (C=O) groups is 1. The van der Waals surface area contributed by atoms with Crippen molar-refractivity contribution in [3.05, 3.63) is 35.2 Å². The van der Waals surface area contributed by atoms with Crippen LogP contribution in [-0.4, -0.2) is 33.7 Å². The lowest BCUT2D eigenvalue weighted by Crippen LogP contribution is -2.46. The Balaban J connectivity index is 1.94. The standard InChI is InChI=1S/C16H15N5OS/c1-16(4-13(18)21(2)14(22)5-16)15-20-9-12(23-15)11-3-10(6-17)7-19-8-11/h3,7-9,18H,4-5H2,1-2H3/t16-/m0/s1. The maximum atomic E-state index is 12.1. The fourth-order valence-electron chi connectivity index (χ4n) is 2.63. The Bertz CT molecular complexity index is 817. The lowest BCUT2D eigenvalue weighted by Gasteiger charge is -2.36. The van der Waals surface area contributed by atoms with E-state index in [1.54, 1.807) is 25.5 Å². The number of likely N-dealkylation sites (tertiary alicyclic amines) is 1. The first-order valence-electron chi connectivity index (χ1n) is 7.09. The molecule has 1 N–H and O–H groups in total. The highest BCUT2D eigenvalue weighted by molar-refractivity contribution is 7.15. The van der Waals surface area contributed by atoms with Gasteiger partial charge in [-0.05, 0) is 6.07 Å². The van der Waals surface area contributed by atoms with Crippen molar-refractivity contribution in [1.82, 2.24) is 14.9 Å². The fraction of sp³-hybridized carbons (Fsp3) is 0.312. The van der Waals surface area contributed by atoms with Crippen LogP contribution < -0.4 is 0 Å². The Kier molecular flexibility index (Phi) is 3.70. The van der Waals surface area contributed by atoms with E-state index in [0.717, 1.165) is 15.4 Å². The van der Waals surface area contributed by atoms with Gasteiger partial charge in [-0.1, -0.05) is 6.92 Å². The molecule has 1 atom stereocenters. The zero-order valence-corrected chi connectivity index (χ0v) is 13.6. The summed E-state index contributed by atoms with van der Waals surface area (Å²) >= 11 is 1.49. The van der Waals surface area contributed by atoms with E-state index in [1.807, 2.05) is 6.92 Å². The summed E-state index contributed by atoms with van der Waals surface area (Å²) in [6, 6.07) is 3.85. The third-order valence-corrected chi connectivity index (χ3v) is 5.40. The van der Waals surface area contributed by atoms with Crippen LogP contribution in [0, 0.1) is 16.7 Å². The van der Waals surface area contributed by atoms with E-state index in [2.05, 4.69) is 16.0 Å². The van der Waals surface area contributed by atoms with Crippen molar-refractivity contribution in [3.63, 3.8) is 0 Å². The number of thiazole rings is 1. The number of nitriles is 1. The summed E-state index contributed by atoms with van der Waals surface area (Å²) in [5.74, 6) is 0.252. The van der Waals surface area contributed by atoms with E-state index >= 15 is 0 Å². The minimum Gasteiger partial charge on any atom is -0.304 e. The van der Waals surface area contributed by atoms with Crippen LogP contribution in [0.15, 0.2) is 24.7 Å². The lowest BCUT2D eigenvalue weighted by atomic mass is 9.80. The molecule has 6 nitrogen and oxygen atoms in total. The third-order valence-electron chi connectivity index (χ3n) is 4.05. The third kappa shape index (κ3) is 2.73. The molecular formula is C16H15N5OS. The number of amidine groups is 1. The van der Waals surface area contributed by atoms with Crippen molar-refractivity contribution in [1.29, 1.82) is 10.7 Å². The van der Waals surface area contributed by atoms with E-state index in [-0.39, 0.29) is 5.91 Å². The lowest BCUT2D eigenvalue weighted by molar-refractivity contribution is -0.128. The van der Waals surface area contributed by atoms with Crippen LogP contribution in [0.2, 0.25) is 0 Å². The predicted octanol–water partition coefficient (Wildman–Crippen LogP) is 2.56. The Morgan fingerprint density at radius 2 is 2.17 bits per heavy atom. The van der Waals surface area contributed by atoms with Crippen molar-refractivity contribution in [2.75, 3.05) is 7.05 Å². The molecule has 0 unspecified atom stereocenters. The number of hydrogen-bond acceptors (Lipinski definition) is 6. The molecule has 2 aromatic rings. The first-order chi connectivity index (χ1) is 10.9. The summed E-state index contributed by atoms with van der Waals surface area (Å²) in [5, 5.41) is 17.8. The van der Waals surface area contributed by atoms with Crippen molar-refractivity contribution < 1.29 is 4.79 Å². The monoisotopic (exact) mass is 325 g/mol. The molecule has 1 fully saturated rings. The van der Waals surface area contributed by atoms with Gasteiger partial charge >= 0.3 is 0 Å². The largest absolute Gasteiger partial charge is 0.304 e. The van der Waals surface area contributed by atoms with Gasteiger partial charge in [-0.3, -0.25) is 15.2 Å². The van der Waals surface area contributed by atoms with Gasteiger partial charge in [0.1, 0.15) is 11.9 Å². The van der Waals surface area contributed by atoms with Gasteiger partial charge < -0.3 is 4.90 Å². The number of amides is 1. The van der Waals surface area contributed by atoms with Crippen LogP contribution in [0.1, 0.15) is 30.3 Å². The number of aromatic nitrogens is 2. The average molecular weight is 325 g/mol. The van der Waals surface area contributed by atoms with Crippen molar-refractivity contribution in [2.24, 2.45) is 0 Å². The molecule has 1 aliphatic rings. The molecule has 23 heavy (non-hydrogen) atoms. The maximum Gasteiger partial charge on any atom is 0.228 e. The van der Waals surface area contributed by atoms with Crippen LogP contribution in [0.4, 0.5) is 0 Å². The molecule has 7 heteroatoms. The fourth-order valence-corrected chi connectivity index (χ4v) is 3.67. The molecule has 1 amide bonds. The van der Waals surface area contributed by atoms with Gasteiger partial charge in [-0.15, -0.1) is 11.3 Å². The summed E-state index contributed by atoms with van der Waals surface area (Å²) in [7, 11) is 1.64. The highest BCUT2D eigenvalue weighted by atomic mass is 32.1. The molecule has 0 radical (unpaired) electrons. The molecule has 0 saturated carbocycles. The van der Waals surface area contributed by atoms with Crippen LogP contribution >= 0.6 is 11.3 Å². The first-order valence-corrected chi connectivity index (χ1v) is 7.90. The van der Waals surface area contributed by atoms with Gasteiger partial charge in [0, 0.05) is 49.5 Å². The van der Waals surface area contributed by atoms with Gasteiger partial charge in [0.2, 0.25) is 5.91 Å². The van der Waals surface area contributed by atoms with E-state index < -0.39 is 5.41 Å². The second-order valence-electron chi connectivity index (χ2n) is 5.92. The smallest absolute Gasteiger partial charge is 0.228 e. The molecule has 0 bridgehead atoms. The SMILES string of the molecule is CN1C(=N)C[C@](C)(c2ncc(-c3cncc(C#N)c3)s2)CC1=O. The zero-order valence-electron chi connectivity index (χ0n) is 12.8. The van der Waals surface area contributed by atoms with E-state index in [1.165, 1.54) is 22.4 Å². The molecule has 3 heterocycles. The number of pyridine rings is 1. The highest BCUT2D eigenvalue weighted by Gasteiger charge is 2.40. The van der Waals surface area contributed by atoms with Crippen LogP contribution in [0.3, 0.4) is 0 Å². The topological polar surface area (TPSA) is 93.7 Å². The Labute approximate surface area is 137 Å². The highest BCUT2D eigenvalue weighted by Crippen LogP contribution is 2.40. The summed E-state index contributed by atoms with van der Waals surface area (Å²) in [4.78, 5) is 22.9. The van der Waals surface area contributed by atoms with Crippen molar-refractivity contribution in [2.45, 2.75) is 25.2 Å². The summed E-state index contributed by atoms with van der Waals surface area (Å²) < 4.78 is 0. The van der Waals surface area contributed by atoms with Crippen LogP contribution in [-0.2, 0) is 10.2 Å². The molecular weight excluding hydrogens is 310 g/mol. The average Bonchev–Trinajstić information content (AvgIpc) is 3.03. The molecule has 116 valence electrons. The van der Waals surface area contributed by atoms with Gasteiger partial charge in [-0.25, -0.2) is 4.98 Å². The molecule has 1 aliphatic heterocycles. The first kappa shape index (κ1) is 15.3. The quantitative estimate of drug-likeness (QED) is 0.918. The minimum absolute atomic E-state index is 0.0614. The van der Waals surface area contributed by atoms with Crippen LogP contribution in [0.5, 0.6) is 0 Å². The molecule has 1 saturated heterocycles. The minimum atomic E-state index is -0.455. The number of rotatable bonds is 2. The second-order valence-corrected chi connectivity index (χ2v) is 6.95. The van der Waals surface area contributed by atoms with Gasteiger partial charge in [-0.2, -0.15) is 5.26 Å². The molecule has 0 spiro atoms. The molecule has 0 aliphatic carbocycles. The molecule has 2 aromatic heterocycles. The summed E-state index contributed by atoms with van der Waals surface area (Å²) in [5.41, 5.74) is 0.884. The number of piperidine rings is 1. The Hall–Kier alpha value is -2.59. The van der Waals surface area contributed by atoms with E-state index in [4.69, 9.17) is 10.7 Å². The Morgan fingerprint density at radius 3 is 2.87 bits per heavy atom. The van der Waals surface area contributed by atoms with Crippen molar-refractivity contribution >= 4 is 23.1 Å². The predicted molar refractivity (Wildman–Crippen MR) is 87.1 cm³/mol. The van der Waals surface area contributed by atoms with E-state index in [0.29, 0.717) is 24.2 Å². The van der Waals surface area contributed by atoms with Crippen molar-refractivity contribution in [3.8, 4) is 16.5 Å². The van der Waals surface area contributed by atoms with Gasteiger partial charge in [0.05, 0.1) is 15.4 Å². The normalized spacial score (nSPS) is 21.3. The van der Waals surface area contributed by atoms with Gasteiger partial charge in [0.25, 0.3) is 0 Å². The molecule has 3 rings (SSSR count). The summed E-state index contributed by atoms with van der Waals surface area (Å²) in [6.07, 6.45) is 5.79. The van der Waals surface area contributed by atoms with Gasteiger partial charge in [0.15, 0.2) is 0 Å². The van der Waals surface area contributed by atoms with Crippen LogP contribution in [0.25, 0.3) is 10.4 Å². The summed E-state index contributed by atoms with van der Waals surface area (Å²) in [6.45, 7) is 1.97. The number of nitrogens with zero attached hydrogens (tertiary/aromatic N) is 4.